The minimum absolute atomic E-state index is 0.0208. The Labute approximate surface area is 111 Å². The molecule has 18 heavy (non-hydrogen) atoms. The summed E-state index contributed by atoms with van der Waals surface area (Å²) in [7, 11) is -3.72. The average Bonchev–Trinajstić information content (AvgIpc) is 2.37. The van der Waals surface area contributed by atoms with Crippen LogP contribution in [0.3, 0.4) is 0 Å². The van der Waals surface area contributed by atoms with Gasteiger partial charge in [-0.25, -0.2) is 23.1 Å². The van der Waals surface area contributed by atoms with Crippen molar-refractivity contribution in [2.45, 2.75) is 37.2 Å². The third kappa shape index (κ3) is 3.88. The quantitative estimate of drug-likeness (QED) is 0.762. The fourth-order valence-corrected chi connectivity index (χ4v) is 2.36. The Kier molecular flexibility index (Phi) is 5.03. The molecule has 0 unspecified atom stereocenters. The summed E-state index contributed by atoms with van der Waals surface area (Å²) in [6.45, 7) is 3.54. The first-order chi connectivity index (χ1) is 8.33. The molecule has 0 aromatic carbocycles. The van der Waals surface area contributed by atoms with Crippen LogP contribution in [0.5, 0.6) is 0 Å². The van der Waals surface area contributed by atoms with Gasteiger partial charge in [0.1, 0.15) is 4.90 Å². The SMILES string of the molecule is CCC(O)(CC)CNS(=O)(=O)c1cnc(Cl)nc1. The highest BCUT2D eigenvalue weighted by atomic mass is 35.5. The smallest absolute Gasteiger partial charge is 0.243 e. The van der Waals surface area contributed by atoms with Gasteiger partial charge in [0.2, 0.25) is 15.3 Å². The molecule has 6 nitrogen and oxygen atoms in total. The molecule has 102 valence electrons. The molecular weight excluding hydrogens is 278 g/mol. The molecular formula is C10H16ClN3O3S. The van der Waals surface area contributed by atoms with Gasteiger partial charge in [-0.05, 0) is 24.4 Å². The van der Waals surface area contributed by atoms with E-state index in [2.05, 4.69) is 14.7 Å². The molecule has 0 radical (unpaired) electrons. The predicted molar refractivity (Wildman–Crippen MR) is 67.8 cm³/mol. The van der Waals surface area contributed by atoms with Gasteiger partial charge in [0.25, 0.3) is 0 Å². The molecule has 8 heteroatoms. The standard InChI is InChI=1S/C10H16ClN3O3S/c1-3-10(15,4-2)7-14-18(16,17)8-5-12-9(11)13-6-8/h5-6,14-15H,3-4,7H2,1-2H3. The van der Waals surface area contributed by atoms with Crippen molar-refractivity contribution in [2.24, 2.45) is 0 Å². The molecule has 0 saturated heterocycles. The van der Waals surface area contributed by atoms with Gasteiger partial charge >= 0.3 is 0 Å². The zero-order valence-electron chi connectivity index (χ0n) is 10.2. The van der Waals surface area contributed by atoms with Crippen molar-refractivity contribution in [3.63, 3.8) is 0 Å². The summed E-state index contributed by atoms with van der Waals surface area (Å²) < 4.78 is 26.1. The lowest BCUT2D eigenvalue weighted by molar-refractivity contribution is 0.0377. The minimum Gasteiger partial charge on any atom is -0.389 e. The Balaban J connectivity index is 2.80. The molecule has 0 atom stereocenters. The zero-order valence-corrected chi connectivity index (χ0v) is 11.8. The highest BCUT2D eigenvalue weighted by Crippen LogP contribution is 2.15. The van der Waals surface area contributed by atoms with Gasteiger partial charge in [0.15, 0.2) is 0 Å². The van der Waals surface area contributed by atoms with Crippen LogP contribution in [-0.2, 0) is 10.0 Å². The largest absolute Gasteiger partial charge is 0.389 e. The number of sulfonamides is 1. The number of nitrogens with one attached hydrogen (secondary N) is 1. The lowest BCUT2D eigenvalue weighted by Crippen LogP contribution is -2.42. The Hall–Kier alpha value is -0.760. The highest BCUT2D eigenvalue weighted by molar-refractivity contribution is 7.89. The van der Waals surface area contributed by atoms with Crippen LogP contribution >= 0.6 is 11.6 Å². The fraction of sp³-hybridized carbons (Fsp3) is 0.600. The first kappa shape index (κ1) is 15.3. The molecule has 2 N–H and O–H groups in total. The van der Waals surface area contributed by atoms with Crippen LogP contribution in [0, 0.1) is 0 Å². The van der Waals surface area contributed by atoms with Crippen molar-refractivity contribution in [1.82, 2.24) is 14.7 Å². The summed E-state index contributed by atoms with van der Waals surface area (Å²) in [5.74, 6) is 0. The summed E-state index contributed by atoms with van der Waals surface area (Å²) in [5.41, 5.74) is -1.04. The molecule has 1 heterocycles. The van der Waals surface area contributed by atoms with Crippen LogP contribution in [0.2, 0.25) is 5.28 Å². The van der Waals surface area contributed by atoms with Gasteiger partial charge in [-0.3, -0.25) is 0 Å². The molecule has 0 aliphatic heterocycles. The Morgan fingerprint density at radius 3 is 2.28 bits per heavy atom. The van der Waals surface area contributed by atoms with E-state index in [1.54, 1.807) is 13.8 Å². The number of hydrogen-bond acceptors (Lipinski definition) is 5. The minimum atomic E-state index is -3.72. The second-order valence-corrected chi connectivity index (χ2v) is 6.05. The topological polar surface area (TPSA) is 92.2 Å². The van der Waals surface area contributed by atoms with Crippen LogP contribution in [0.4, 0.5) is 0 Å². The van der Waals surface area contributed by atoms with E-state index in [1.165, 1.54) is 0 Å². The van der Waals surface area contributed by atoms with Crippen molar-refractivity contribution < 1.29 is 13.5 Å². The molecule has 0 aliphatic rings. The Morgan fingerprint density at radius 1 is 1.33 bits per heavy atom. The Morgan fingerprint density at radius 2 is 1.83 bits per heavy atom. The number of rotatable bonds is 6. The van der Waals surface area contributed by atoms with Crippen LogP contribution in [0.1, 0.15) is 26.7 Å². The third-order valence-electron chi connectivity index (χ3n) is 2.81. The number of aromatic nitrogens is 2. The van der Waals surface area contributed by atoms with Crippen LogP contribution < -0.4 is 4.72 Å². The van der Waals surface area contributed by atoms with E-state index in [0.717, 1.165) is 12.4 Å². The van der Waals surface area contributed by atoms with Gasteiger partial charge in [0, 0.05) is 6.54 Å². The third-order valence-corrected chi connectivity index (χ3v) is 4.37. The van der Waals surface area contributed by atoms with Crippen molar-refractivity contribution in [3.8, 4) is 0 Å². The molecule has 1 aromatic heterocycles. The van der Waals surface area contributed by atoms with E-state index in [1.807, 2.05) is 0 Å². The summed E-state index contributed by atoms with van der Waals surface area (Å²) in [6.07, 6.45) is 3.16. The van der Waals surface area contributed by atoms with Gasteiger partial charge < -0.3 is 5.11 Å². The second kappa shape index (κ2) is 5.92. The molecule has 0 bridgehead atoms. The van der Waals surface area contributed by atoms with E-state index < -0.39 is 15.6 Å². The highest BCUT2D eigenvalue weighted by Gasteiger charge is 2.25. The van der Waals surface area contributed by atoms with E-state index in [4.69, 9.17) is 11.6 Å². The van der Waals surface area contributed by atoms with Gasteiger partial charge in [-0.2, -0.15) is 0 Å². The number of hydrogen-bond donors (Lipinski definition) is 2. The number of nitrogens with zero attached hydrogens (tertiary/aromatic N) is 2. The zero-order chi connectivity index (χ0) is 13.8. The summed E-state index contributed by atoms with van der Waals surface area (Å²) in [5, 5.41) is 9.98. The molecule has 0 aliphatic carbocycles. The summed E-state index contributed by atoms with van der Waals surface area (Å²) >= 11 is 5.48. The van der Waals surface area contributed by atoms with Crippen LogP contribution in [0.15, 0.2) is 17.3 Å². The van der Waals surface area contributed by atoms with Crippen molar-refractivity contribution in [1.29, 1.82) is 0 Å². The lowest BCUT2D eigenvalue weighted by atomic mass is 9.98. The van der Waals surface area contributed by atoms with Gasteiger partial charge in [-0.1, -0.05) is 13.8 Å². The van der Waals surface area contributed by atoms with E-state index >= 15 is 0 Å². The van der Waals surface area contributed by atoms with Gasteiger partial charge in [-0.15, -0.1) is 0 Å². The lowest BCUT2D eigenvalue weighted by Gasteiger charge is -2.25. The molecule has 0 spiro atoms. The van der Waals surface area contributed by atoms with Crippen molar-refractivity contribution in [2.75, 3.05) is 6.54 Å². The maximum atomic E-state index is 11.9. The van der Waals surface area contributed by atoms with Gasteiger partial charge in [0.05, 0.1) is 18.0 Å². The molecule has 0 fully saturated rings. The maximum absolute atomic E-state index is 11.9. The monoisotopic (exact) mass is 293 g/mol. The number of halogens is 1. The Bertz CT molecular complexity index is 486. The number of aliphatic hydroxyl groups is 1. The van der Waals surface area contributed by atoms with Crippen LogP contribution in [0.25, 0.3) is 0 Å². The maximum Gasteiger partial charge on any atom is 0.243 e. The normalized spacial score (nSPS) is 12.7. The summed E-state index contributed by atoms with van der Waals surface area (Å²) in [4.78, 5) is 7.12. The second-order valence-electron chi connectivity index (χ2n) is 3.94. The predicted octanol–water partition coefficient (Wildman–Crippen LogP) is 0.959. The molecule has 1 aromatic rings. The van der Waals surface area contributed by atoms with E-state index in [9.17, 15) is 13.5 Å². The van der Waals surface area contributed by atoms with Crippen LogP contribution in [-0.4, -0.2) is 35.6 Å². The van der Waals surface area contributed by atoms with Crippen molar-refractivity contribution in [3.05, 3.63) is 17.7 Å². The molecule has 0 saturated carbocycles. The average molecular weight is 294 g/mol. The van der Waals surface area contributed by atoms with E-state index in [-0.39, 0.29) is 16.7 Å². The first-order valence-electron chi connectivity index (χ1n) is 5.52. The van der Waals surface area contributed by atoms with E-state index in [0.29, 0.717) is 12.8 Å². The van der Waals surface area contributed by atoms with Crippen molar-refractivity contribution >= 4 is 21.6 Å². The summed E-state index contributed by atoms with van der Waals surface area (Å²) in [6, 6.07) is 0. The fourth-order valence-electron chi connectivity index (χ4n) is 1.25. The molecule has 0 amide bonds. The first-order valence-corrected chi connectivity index (χ1v) is 7.38. The molecule has 1 rings (SSSR count).